The van der Waals surface area contributed by atoms with Gasteiger partial charge in [0, 0.05) is 11.8 Å². The first-order valence-electron chi connectivity index (χ1n) is 5.34. The zero-order valence-electron chi connectivity index (χ0n) is 9.88. The summed E-state index contributed by atoms with van der Waals surface area (Å²) in [5, 5.41) is 9.01. The second kappa shape index (κ2) is 5.11. The van der Waals surface area contributed by atoms with Crippen molar-refractivity contribution in [1.29, 1.82) is 5.26 Å². The second-order valence-electron chi connectivity index (χ2n) is 3.64. The maximum absolute atomic E-state index is 9.01. The monoisotopic (exact) mass is 240 g/mol. The fourth-order valence-corrected chi connectivity index (χ4v) is 1.47. The zero-order valence-corrected chi connectivity index (χ0v) is 9.88. The molecule has 2 aromatic carbocycles. The molecule has 0 aromatic heterocycles. The van der Waals surface area contributed by atoms with Crippen molar-refractivity contribution in [1.82, 2.24) is 0 Å². The van der Waals surface area contributed by atoms with E-state index in [4.69, 9.17) is 20.5 Å². The number of methoxy groups -OCH3 is 1. The smallest absolute Gasteiger partial charge is 0.148 e. The van der Waals surface area contributed by atoms with Gasteiger partial charge in [-0.25, -0.2) is 0 Å². The van der Waals surface area contributed by atoms with Crippen molar-refractivity contribution in [2.75, 3.05) is 12.8 Å². The predicted octanol–water partition coefficient (Wildman–Crippen LogP) is 2.94. The highest BCUT2D eigenvalue weighted by atomic mass is 16.5. The van der Waals surface area contributed by atoms with Crippen LogP contribution in [-0.2, 0) is 0 Å². The van der Waals surface area contributed by atoms with Crippen LogP contribution in [0.2, 0.25) is 0 Å². The van der Waals surface area contributed by atoms with Crippen LogP contribution < -0.4 is 15.2 Å². The van der Waals surface area contributed by atoms with Gasteiger partial charge in [0.05, 0.1) is 12.7 Å². The molecule has 0 bridgehead atoms. The third-order valence-electron chi connectivity index (χ3n) is 2.42. The highest BCUT2D eigenvalue weighted by Crippen LogP contribution is 2.29. The van der Waals surface area contributed by atoms with Gasteiger partial charge in [0.15, 0.2) is 0 Å². The van der Waals surface area contributed by atoms with Crippen molar-refractivity contribution in [3.8, 4) is 23.3 Å². The molecule has 2 aromatic rings. The van der Waals surface area contributed by atoms with E-state index in [0.717, 1.165) is 0 Å². The first-order chi connectivity index (χ1) is 8.72. The number of nitrogens with two attached hydrogens (primary N) is 1. The molecule has 0 saturated heterocycles. The standard InChI is InChI=1S/C14H12N2O2/c1-17-13-5-2-10(9-15)14(8-13)18-12-6-3-11(16)4-7-12/h2-8H,16H2,1H3. The topological polar surface area (TPSA) is 68.3 Å². The first kappa shape index (κ1) is 11.8. The number of anilines is 1. The molecule has 0 aliphatic rings. The maximum atomic E-state index is 9.01. The lowest BCUT2D eigenvalue weighted by Gasteiger charge is -2.09. The highest BCUT2D eigenvalue weighted by Gasteiger charge is 2.06. The van der Waals surface area contributed by atoms with Crippen LogP contribution in [0.1, 0.15) is 5.56 Å². The molecule has 2 N–H and O–H groups in total. The Morgan fingerprint density at radius 3 is 2.33 bits per heavy atom. The molecule has 90 valence electrons. The summed E-state index contributed by atoms with van der Waals surface area (Å²) in [4.78, 5) is 0. The predicted molar refractivity (Wildman–Crippen MR) is 68.6 cm³/mol. The lowest BCUT2D eigenvalue weighted by Crippen LogP contribution is -1.91. The van der Waals surface area contributed by atoms with Crippen molar-refractivity contribution in [3.63, 3.8) is 0 Å². The number of hydrogen-bond donors (Lipinski definition) is 1. The summed E-state index contributed by atoms with van der Waals surface area (Å²) >= 11 is 0. The van der Waals surface area contributed by atoms with E-state index in [1.54, 1.807) is 49.6 Å². The Bertz CT molecular complexity index is 586. The minimum absolute atomic E-state index is 0.452. The lowest BCUT2D eigenvalue weighted by molar-refractivity contribution is 0.409. The molecule has 0 saturated carbocycles. The normalized spacial score (nSPS) is 9.56. The Morgan fingerprint density at radius 1 is 1.06 bits per heavy atom. The summed E-state index contributed by atoms with van der Waals surface area (Å²) in [5.74, 6) is 1.72. The molecule has 2 rings (SSSR count). The van der Waals surface area contributed by atoms with Gasteiger partial charge in [-0.05, 0) is 36.4 Å². The molecular weight excluding hydrogens is 228 g/mol. The molecule has 0 fully saturated rings. The van der Waals surface area contributed by atoms with E-state index in [9.17, 15) is 0 Å². The highest BCUT2D eigenvalue weighted by molar-refractivity contribution is 5.50. The van der Waals surface area contributed by atoms with Gasteiger partial charge in [-0.15, -0.1) is 0 Å². The second-order valence-corrected chi connectivity index (χ2v) is 3.64. The molecule has 0 aliphatic carbocycles. The van der Waals surface area contributed by atoms with Crippen molar-refractivity contribution in [2.45, 2.75) is 0 Å². The van der Waals surface area contributed by atoms with Gasteiger partial charge in [0.2, 0.25) is 0 Å². The maximum Gasteiger partial charge on any atom is 0.148 e. The molecule has 4 nitrogen and oxygen atoms in total. The molecule has 0 aliphatic heterocycles. The number of nitrogens with zero attached hydrogens (tertiary/aromatic N) is 1. The van der Waals surface area contributed by atoms with E-state index in [0.29, 0.717) is 28.5 Å². The Kier molecular flexibility index (Phi) is 3.35. The van der Waals surface area contributed by atoms with E-state index in [-0.39, 0.29) is 0 Å². The van der Waals surface area contributed by atoms with E-state index in [2.05, 4.69) is 6.07 Å². The Morgan fingerprint density at radius 2 is 1.72 bits per heavy atom. The minimum atomic E-state index is 0.452. The van der Waals surface area contributed by atoms with Crippen LogP contribution in [0, 0.1) is 11.3 Å². The quantitative estimate of drug-likeness (QED) is 0.837. The molecule has 0 spiro atoms. The Balaban J connectivity index is 2.32. The molecule has 0 unspecified atom stereocenters. The molecule has 0 heterocycles. The SMILES string of the molecule is COc1ccc(C#N)c(Oc2ccc(N)cc2)c1. The third-order valence-corrected chi connectivity index (χ3v) is 2.42. The largest absolute Gasteiger partial charge is 0.497 e. The summed E-state index contributed by atoms with van der Waals surface area (Å²) in [6.45, 7) is 0. The van der Waals surface area contributed by atoms with Crippen molar-refractivity contribution in [2.24, 2.45) is 0 Å². The molecule has 4 heteroatoms. The number of benzene rings is 2. The van der Waals surface area contributed by atoms with E-state index < -0.39 is 0 Å². The fraction of sp³-hybridized carbons (Fsp3) is 0.0714. The van der Waals surface area contributed by atoms with Crippen molar-refractivity contribution >= 4 is 5.69 Å². The van der Waals surface area contributed by atoms with Gasteiger partial charge in [-0.1, -0.05) is 0 Å². The van der Waals surface area contributed by atoms with Crippen LogP contribution in [0.3, 0.4) is 0 Å². The summed E-state index contributed by atoms with van der Waals surface area (Å²) in [6, 6.07) is 14.1. The van der Waals surface area contributed by atoms with Crippen molar-refractivity contribution in [3.05, 3.63) is 48.0 Å². The van der Waals surface area contributed by atoms with Crippen LogP contribution >= 0.6 is 0 Å². The number of ether oxygens (including phenoxy) is 2. The molecule has 0 amide bonds. The first-order valence-corrected chi connectivity index (χ1v) is 5.34. The van der Waals surface area contributed by atoms with Gasteiger partial charge >= 0.3 is 0 Å². The zero-order chi connectivity index (χ0) is 13.0. The van der Waals surface area contributed by atoms with Crippen LogP contribution in [0.5, 0.6) is 17.2 Å². The van der Waals surface area contributed by atoms with Gasteiger partial charge in [0.1, 0.15) is 23.3 Å². The van der Waals surface area contributed by atoms with Gasteiger partial charge in [0.25, 0.3) is 0 Å². The molecule has 0 radical (unpaired) electrons. The number of hydrogen-bond acceptors (Lipinski definition) is 4. The number of nitrogen functional groups attached to an aromatic ring is 1. The van der Waals surface area contributed by atoms with Crippen LogP contribution in [0.4, 0.5) is 5.69 Å². The van der Waals surface area contributed by atoms with Crippen molar-refractivity contribution < 1.29 is 9.47 Å². The summed E-state index contributed by atoms with van der Waals surface area (Å²) in [5.41, 5.74) is 6.71. The summed E-state index contributed by atoms with van der Waals surface area (Å²) in [7, 11) is 1.56. The fourth-order valence-electron chi connectivity index (χ4n) is 1.47. The average Bonchev–Trinajstić information content (AvgIpc) is 2.41. The van der Waals surface area contributed by atoms with Gasteiger partial charge in [-0.3, -0.25) is 0 Å². The van der Waals surface area contributed by atoms with Crippen LogP contribution in [0.15, 0.2) is 42.5 Å². The Hall–Kier alpha value is -2.67. The Labute approximate surface area is 105 Å². The van der Waals surface area contributed by atoms with Gasteiger partial charge in [-0.2, -0.15) is 5.26 Å². The summed E-state index contributed by atoms with van der Waals surface area (Å²) < 4.78 is 10.7. The molecule has 0 atom stereocenters. The van der Waals surface area contributed by atoms with Crippen LogP contribution in [0.25, 0.3) is 0 Å². The number of nitriles is 1. The number of rotatable bonds is 3. The summed E-state index contributed by atoms with van der Waals surface area (Å²) in [6.07, 6.45) is 0. The van der Waals surface area contributed by atoms with E-state index in [1.807, 2.05) is 0 Å². The van der Waals surface area contributed by atoms with E-state index >= 15 is 0 Å². The third kappa shape index (κ3) is 2.53. The average molecular weight is 240 g/mol. The van der Waals surface area contributed by atoms with Crippen LogP contribution in [-0.4, -0.2) is 7.11 Å². The minimum Gasteiger partial charge on any atom is -0.497 e. The molecule has 18 heavy (non-hydrogen) atoms. The van der Waals surface area contributed by atoms with Gasteiger partial charge < -0.3 is 15.2 Å². The lowest BCUT2D eigenvalue weighted by atomic mass is 10.2. The van der Waals surface area contributed by atoms with E-state index in [1.165, 1.54) is 0 Å². The molecular formula is C14H12N2O2.